The van der Waals surface area contributed by atoms with Gasteiger partial charge in [-0.25, -0.2) is 0 Å². The number of fused-ring (bicyclic) bond motifs is 2. The Balaban J connectivity index is 1.94. The van der Waals surface area contributed by atoms with Gasteiger partial charge in [0.2, 0.25) is 5.76 Å². The van der Waals surface area contributed by atoms with E-state index >= 15 is 0 Å². The minimum absolute atomic E-state index is 0.0529. The van der Waals surface area contributed by atoms with E-state index in [1.54, 1.807) is 36.3 Å². The van der Waals surface area contributed by atoms with Crippen molar-refractivity contribution in [3.8, 4) is 11.5 Å². The number of aryl methyl sites for hydroxylation is 1. The highest BCUT2D eigenvalue weighted by molar-refractivity contribution is 5.99. The van der Waals surface area contributed by atoms with E-state index in [-0.39, 0.29) is 30.2 Å². The van der Waals surface area contributed by atoms with E-state index in [1.807, 2.05) is 26.0 Å². The van der Waals surface area contributed by atoms with Crippen molar-refractivity contribution in [2.24, 2.45) is 0 Å². The number of methoxy groups -OCH3 is 1. The smallest absolute Gasteiger partial charge is 0.290 e. The van der Waals surface area contributed by atoms with Gasteiger partial charge >= 0.3 is 0 Å². The lowest BCUT2D eigenvalue weighted by Crippen LogP contribution is -2.31. The van der Waals surface area contributed by atoms with Crippen molar-refractivity contribution in [1.82, 2.24) is 4.90 Å². The first-order chi connectivity index (χ1) is 15.0. The van der Waals surface area contributed by atoms with Crippen molar-refractivity contribution >= 4 is 16.9 Å². The second kappa shape index (κ2) is 8.43. The van der Waals surface area contributed by atoms with E-state index in [0.29, 0.717) is 46.6 Å². The van der Waals surface area contributed by atoms with Crippen LogP contribution in [0.15, 0.2) is 45.6 Å². The Bertz CT molecular complexity index is 1200. The minimum atomic E-state index is -0.639. The van der Waals surface area contributed by atoms with Crippen LogP contribution in [0.5, 0.6) is 11.5 Å². The van der Waals surface area contributed by atoms with Gasteiger partial charge in [-0.15, -0.1) is 0 Å². The van der Waals surface area contributed by atoms with Gasteiger partial charge in [0.15, 0.2) is 16.9 Å². The normalized spacial score (nSPS) is 15.4. The summed E-state index contributed by atoms with van der Waals surface area (Å²) in [7, 11) is 1.55. The second-order valence-electron chi connectivity index (χ2n) is 7.50. The van der Waals surface area contributed by atoms with Crippen molar-refractivity contribution in [3.05, 3.63) is 69.1 Å². The maximum absolute atomic E-state index is 13.5. The molecule has 4 rings (SSSR count). The molecule has 1 aromatic heterocycles. The third kappa shape index (κ3) is 3.55. The Morgan fingerprint density at radius 2 is 1.94 bits per heavy atom. The third-order valence-corrected chi connectivity index (χ3v) is 5.48. The molecule has 0 bridgehead atoms. The zero-order valence-corrected chi connectivity index (χ0v) is 17.8. The van der Waals surface area contributed by atoms with Crippen molar-refractivity contribution < 1.29 is 23.8 Å². The van der Waals surface area contributed by atoms with Crippen LogP contribution in [0.3, 0.4) is 0 Å². The maximum Gasteiger partial charge on any atom is 0.290 e. The molecule has 0 spiro atoms. The molecule has 1 N–H and O–H groups in total. The van der Waals surface area contributed by atoms with Crippen molar-refractivity contribution in [2.75, 3.05) is 26.9 Å². The van der Waals surface area contributed by atoms with Crippen LogP contribution in [0.25, 0.3) is 11.0 Å². The number of hydrogen-bond donors (Lipinski definition) is 1. The summed E-state index contributed by atoms with van der Waals surface area (Å²) in [5.41, 5.74) is 2.12. The van der Waals surface area contributed by atoms with Crippen LogP contribution in [0.1, 0.15) is 46.6 Å². The monoisotopic (exact) mass is 423 g/mol. The van der Waals surface area contributed by atoms with E-state index in [2.05, 4.69) is 0 Å². The quantitative estimate of drug-likeness (QED) is 0.626. The number of benzene rings is 2. The van der Waals surface area contributed by atoms with Gasteiger partial charge in [0, 0.05) is 13.2 Å². The molecule has 7 heteroatoms. The molecule has 1 atom stereocenters. The molecule has 2 aromatic carbocycles. The van der Waals surface area contributed by atoms with Crippen molar-refractivity contribution in [1.29, 1.82) is 0 Å². The molecule has 31 heavy (non-hydrogen) atoms. The van der Waals surface area contributed by atoms with Crippen LogP contribution in [-0.4, -0.2) is 42.8 Å². The molecule has 0 aliphatic carbocycles. The van der Waals surface area contributed by atoms with Crippen LogP contribution in [0, 0.1) is 6.92 Å². The number of hydrogen-bond acceptors (Lipinski definition) is 6. The molecule has 0 radical (unpaired) electrons. The number of ether oxygens (including phenoxy) is 2. The number of amides is 1. The van der Waals surface area contributed by atoms with Gasteiger partial charge in [-0.1, -0.05) is 17.7 Å². The summed E-state index contributed by atoms with van der Waals surface area (Å²) in [6.07, 6.45) is 0.386. The number of carbonyl (C=O) groups excluding carboxylic acids is 1. The van der Waals surface area contributed by atoms with Gasteiger partial charge in [-0.3, -0.25) is 9.59 Å². The SMILES string of the molecule is CCOc1ccc([C@H]2c3c(oc4ccc(C)cc4c3=O)C(=O)N2CCCO)cc1OC. The zero-order chi connectivity index (χ0) is 22.1. The molecule has 162 valence electrons. The van der Waals surface area contributed by atoms with Crippen LogP contribution >= 0.6 is 0 Å². The second-order valence-corrected chi connectivity index (χ2v) is 7.50. The molecule has 1 amide bonds. The summed E-state index contributed by atoms with van der Waals surface area (Å²) in [6.45, 7) is 4.49. The summed E-state index contributed by atoms with van der Waals surface area (Å²) in [5.74, 6) is 0.794. The first-order valence-corrected chi connectivity index (χ1v) is 10.3. The minimum Gasteiger partial charge on any atom is -0.493 e. The lowest BCUT2D eigenvalue weighted by atomic mass is 9.97. The van der Waals surface area contributed by atoms with Gasteiger partial charge in [0.25, 0.3) is 5.91 Å². The molecule has 3 aromatic rings. The first-order valence-electron chi connectivity index (χ1n) is 10.3. The molecule has 0 saturated carbocycles. The predicted octanol–water partition coefficient (Wildman–Crippen LogP) is 3.44. The molecular formula is C24H25NO6. The van der Waals surface area contributed by atoms with Gasteiger partial charge in [0.05, 0.1) is 30.7 Å². The lowest BCUT2D eigenvalue weighted by molar-refractivity contribution is 0.0716. The van der Waals surface area contributed by atoms with Crippen LogP contribution in [-0.2, 0) is 0 Å². The summed E-state index contributed by atoms with van der Waals surface area (Å²) in [4.78, 5) is 28.3. The van der Waals surface area contributed by atoms with Crippen LogP contribution in [0.2, 0.25) is 0 Å². The van der Waals surface area contributed by atoms with E-state index in [1.165, 1.54) is 0 Å². The molecular weight excluding hydrogens is 398 g/mol. The average Bonchev–Trinajstić information content (AvgIpc) is 3.05. The molecule has 1 aliphatic heterocycles. The Labute approximate surface area is 179 Å². The lowest BCUT2D eigenvalue weighted by Gasteiger charge is -2.25. The molecule has 7 nitrogen and oxygen atoms in total. The molecule has 0 fully saturated rings. The van der Waals surface area contributed by atoms with Crippen LogP contribution < -0.4 is 14.9 Å². The highest BCUT2D eigenvalue weighted by atomic mass is 16.5. The first kappa shape index (κ1) is 20.9. The van der Waals surface area contributed by atoms with E-state index in [4.69, 9.17) is 13.9 Å². The largest absolute Gasteiger partial charge is 0.493 e. The van der Waals surface area contributed by atoms with Crippen LogP contribution in [0.4, 0.5) is 0 Å². The Kier molecular flexibility index (Phi) is 5.69. The Morgan fingerprint density at radius 1 is 1.13 bits per heavy atom. The number of rotatable bonds is 7. The van der Waals surface area contributed by atoms with Gasteiger partial charge in [0.1, 0.15) is 5.58 Å². The highest BCUT2D eigenvalue weighted by Gasteiger charge is 2.42. The maximum atomic E-state index is 13.5. The summed E-state index contributed by atoms with van der Waals surface area (Å²) >= 11 is 0. The molecule has 0 saturated heterocycles. The number of carbonyl (C=O) groups is 1. The summed E-state index contributed by atoms with van der Waals surface area (Å²) in [5, 5.41) is 9.79. The third-order valence-electron chi connectivity index (χ3n) is 5.48. The van der Waals surface area contributed by atoms with Gasteiger partial charge in [-0.2, -0.15) is 0 Å². The van der Waals surface area contributed by atoms with E-state index < -0.39 is 6.04 Å². The Hall–Kier alpha value is -3.32. The van der Waals surface area contributed by atoms with Gasteiger partial charge < -0.3 is 23.9 Å². The molecule has 2 heterocycles. The number of aliphatic hydroxyl groups excluding tert-OH is 1. The fraction of sp³-hybridized carbons (Fsp3) is 0.333. The summed E-state index contributed by atoms with van der Waals surface area (Å²) < 4.78 is 17.0. The fourth-order valence-corrected chi connectivity index (χ4v) is 4.08. The zero-order valence-electron chi connectivity index (χ0n) is 17.8. The topological polar surface area (TPSA) is 89.2 Å². The molecule has 1 aliphatic rings. The van der Waals surface area contributed by atoms with E-state index in [0.717, 1.165) is 5.56 Å². The molecule has 0 unspecified atom stereocenters. The van der Waals surface area contributed by atoms with Gasteiger partial charge in [-0.05, 0) is 50.1 Å². The standard InChI is InChI=1S/C24H25NO6/c1-4-30-18-9-7-15(13-19(18)29-3)21-20-22(27)16-12-14(2)6-8-17(16)31-23(20)24(28)25(21)10-5-11-26/h6-9,12-13,21,26H,4-5,10-11H2,1-3H3/t21-/m0/s1. The Morgan fingerprint density at radius 3 is 2.65 bits per heavy atom. The van der Waals surface area contributed by atoms with Crippen molar-refractivity contribution in [2.45, 2.75) is 26.3 Å². The van der Waals surface area contributed by atoms with E-state index in [9.17, 15) is 14.7 Å². The summed E-state index contributed by atoms with van der Waals surface area (Å²) in [6, 6.07) is 10.1. The number of nitrogens with zero attached hydrogens (tertiary/aromatic N) is 1. The number of aliphatic hydroxyl groups is 1. The highest BCUT2D eigenvalue weighted by Crippen LogP contribution is 2.41. The fourth-order valence-electron chi connectivity index (χ4n) is 4.08. The van der Waals surface area contributed by atoms with Crippen molar-refractivity contribution in [3.63, 3.8) is 0 Å². The average molecular weight is 423 g/mol. The predicted molar refractivity (Wildman–Crippen MR) is 116 cm³/mol.